The zero-order valence-electron chi connectivity index (χ0n) is 9.11. The highest BCUT2D eigenvalue weighted by atomic mass is 16.5. The molecule has 0 aliphatic rings. The Morgan fingerprint density at radius 3 is 2.93 bits per heavy atom. The van der Waals surface area contributed by atoms with Crippen LogP contribution in [0.2, 0.25) is 0 Å². The maximum atomic E-state index is 5.39. The Hall–Kier alpha value is -1.62. The van der Waals surface area contributed by atoms with Gasteiger partial charge in [0.05, 0.1) is 18.7 Å². The van der Waals surface area contributed by atoms with E-state index >= 15 is 0 Å². The number of aryl methyl sites for hydroxylation is 1. The third-order valence-electron chi connectivity index (χ3n) is 2.36. The van der Waals surface area contributed by atoms with Crippen LogP contribution in [0.4, 0.5) is 0 Å². The van der Waals surface area contributed by atoms with Gasteiger partial charge in [0.15, 0.2) is 5.65 Å². The fraction of sp³-hybridized carbons (Fsp3) is 0.400. The van der Waals surface area contributed by atoms with Crippen LogP contribution in [-0.4, -0.2) is 28.9 Å². The van der Waals surface area contributed by atoms with Gasteiger partial charge in [-0.05, 0) is 7.05 Å². The molecule has 80 valence electrons. The van der Waals surface area contributed by atoms with Crippen LogP contribution in [0.25, 0.3) is 11.0 Å². The van der Waals surface area contributed by atoms with Crippen molar-refractivity contribution in [2.24, 2.45) is 7.05 Å². The minimum absolute atomic E-state index is 0.737. The first-order valence-electron chi connectivity index (χ1n) is 4.76. The summed E-state index contributed by atoms with van der Waals surface area (Å²) in [5.41, 5.74) is 1.88. The van der Waals surface area contributed by atoms with Crippen LogP contribution in [0.5, 0.6) is 5.75 Å². The number of nitrogens with one attached hydrogen (secondary N) is 1. The maximum absolute atomic E-state index is 5.39. The molecule has 2 aromatic rings. The van der Waals surface area contributed by atoms with E-state index in [1.165, 1.54) is 0 Å². The normalized spacial score (nSPS) is 10.9. The number of fused-ring (bicyclic) bond motifs is 1. The van der Waals surface area contributed by atoms with E-state index < -0.39 is 0 Å². The van der Waals surface area contributed by atoms with E-state index in [-0.39, 0.29) is 0 Å². The molecule has 5 nitrogen and oxygen atoms in total. The van der Waals surface area contributed by atoms with Gasteiger partial charge >= 0.3 is 0 Å². The summed E-state index contributed by atoms with van der Waals surface area (Å²) < 4.78 is 7.13. The third kappa shape index (κ3) is 1.55. The summed E-state index contributed by atoms with van der Waals surface area (Å²) in [6.45, 7) is 0.737. The van der Waals surface area contributed by atoms with Crippen LogP contribution in [0.3, 0.4) is 0 Å². The van der Waals surface area contributed by atoms with Crippen molar-refractivity contribution >= 4 is 11.0 Å². The number of hydrogen-bond donors (Lipinski definition) is 1. The molecule has 2 rings (SSSR count). The van der Waals surface area contributed by atoms with Crippen molar-refractivity contribution < 1.29 is 4.74 Å². The number of rotatable bonds is 3. The minimum atomic E-state index is 0.737. The first-order chi connectivity index (χ1) is 7.27. The lowest BCUT2D eigenvalue weighted by Gasteiger charge is -2.08. The Kier molecular flexibility index (Phi) is 2.55. The van der Waals surface area contributed by atoms with Crippen molar-refractivity contribution in [3.05, 3.63) is 18.0 Å². The number of hydrogen-bond acceptors (Lipinski definition) is 4. The Morgan fingerprint density at radius 1 is 1.47 bits per heavy atom. The molecule has 15 heavy (non-hydrogen) atoms. The summed E-state index contributed by atoms with van der Waals surface area (Å²) in [6.07, 6.45) is 3.60. The summed E-state index contributed by atoms with van der Waals surface area (Å²) in [7, 11) is 5.43. The number of aromatic nitrogens is 3. The second kappa shape index (κ2) is 3.86. The molecule has 0 aromatic carbocycles. The van der Waals surface area contributed by atoms with Gasteiger partial charge in [-0.1, -0.05) is 0 Å². The van der Waals surface area contributed by atoms with Crippen molar-refractivity contribution in [1.82, 2.24) is 20.1 Å². The van der Waals surface area contributed by atoms with E-state index in [2.05, 4.69) is 15.4 Å². The molecule has 0 saturated carbocycles. The van der Waals surface area contributed by atoms with Gasteiger partial charge in [-0.15, -0.1) is 0 Å². The third-order valence-corrected chi connectivity index (χ3v) is 2.36. The Bertz CT molecular complexity index is 477. The fourth-order valence-corrected chi connectivity index (χ4v) is 1.67. The topological polar surface area (TPSA) is 52.0 Å². The molecule has 0 unspecified atom stereocenters. The number of nitrogens with zero attached hydrogens (tertiary/aromatic N) is 3. The molecule has 1 N–H and O–H groups in total. The molecule has 0 spiro atoms. The Balaban J connectivity index is 2.65. The van der Waals surface area contributed by atoms with Crippen LogP contribution in [-0.2, 0) is 13.6 Å². The summed E-state index contributed by atoms with van der Waals surface area (Å²) in [6, 6.07) is 0. The molecule has 0 radical (unpaired) electrons. The number of methoxy groups -OCH3 is 1. The van der Waals surface area contributed by atoms with Crippen LogP contribution in [0.1, 0.15) is 5.56 Å². The zero-order valence-corrected chi connectivity index (χ0v) is 9.11. The number of ether oxygens (including phenoxy) is 1. The smallest absolute Gasteiger partial charge is 0.161 e. The van der Waals surface area contributed by atoms with Gasteiger partial charge in [0.1, 0.15) is 5.75 Å². The van der Waals surface area contributed by atoms with E-state index in [9.17, 15) is 0 Å². The highest BCUT2D eigenvalue weighted by Crippen LogP contribution is 2.27. The molecular formula is C10H14N4O. The van der Waals surface area contributed by atoms with Crippen molar-refractivity contribution in [2.45, 2.75) is 6.54 Å². The summed E-state index contributed by atoms with van der Waals surface area (Å²) >= 11 is 0. The summed E-state index contributed by atoms with van der Waals surface area (Å²) in [5, 5.41) is 8.19. The highest BCUT2D eigenvalue weighted by Gasteiger charge is 2.11. The van der Waals surface area contributed by atoms with Gasteiger partial charge < -0.3 is 10.1 Å². The van der Waals surface area contributed by atoms with E-state index in [4.69, 9.17) is 4.74 Å². The van der Waals surface area contributed by atoms with Gasteiger partial charge in [-0.3, -0.25) is 4.68 Å². The molecule has 2 heterocycles. The van der Waals surface area contributed by atoms with Crippen LogP contribution < -0.4 is 10.1 Å². The molecule has 0 amide bonds. The van der Waals surface area contributed by atoms with Gasteiger partial charge in [-0.25, -0.2) is 4.98 Å². The van der Waals surface area contributed by atoms with E-state index in [0.29, 0.717) is 0 Å². The summed E-state index contributed by atoms with van der Waals surface area (Å²) in [4.78, 5) is 4.35. The fourth-order valence-electron chi connectivity index (χ4n) is 1.67. The monoisotopic (exact) mass is 206 g/mol. The molecule has 0 aliphatic carbocycles. The molecule has 0 aliphatic heterocycles. The molecule has 5 heteroatoms. The molecule has 0 bridgehead atoms. The number of pyridine rings is 1. The van der Waals surface area contributed by atoms with Crippen LogP contribution in [0.15, 0.2) is 12.4 Å². The van der Waals surface area contributed by atoms with E-state index in [0.717, 1.165) is 28.9 Å². The SMILES string of the molecule is CNCc1cnc2c(cnn2C)c1OC. The molecule has 0 atom stereocenters. The lowest BCUT2D eigenvalue weighted by Crippen LogP contribution is -2.07. The average molecular weight is 206 g/mol. The second-order valence-electron chi connectivity index (χ2n) is 3.35. The molecular weight excluding hydrogens is 192 g/mol. The average Bonchev–Trinajstić information content (AvgIpc) is 2.61. The highest BCUT2D eigenvalue weighted by molar-refractivity contribution is 5.83. The van der Waals surface area contributed by atoms with Gasteiger partial charge in [0.25, 0.3) is 0 Å². The van der Waals surface area contributed by atoms with Gasteiger partial charge in [0, 0.05) is 25.4 Å². The Labute approximate surface area is 88.1 Å². The van der Waals surface area contributed by atoms with Gasteiger partial charge in [0.2, 0.25) is 0 Å². The minimum Gasteiger partial charge on any atom is -0.496 e. The van der Waals surface area contributed by atoms with E-state index in [1.807, 2.05) is 20.3 Å². The lowest BCUT2D eigenvalue weighted by atomic mass is 10.2. The van der Waals surface area contributed by atoms with Crippen molar-refractivity contribution in [3.63, 3.8) is 0 Å². The molecule has 0 fully saturated rings. The lowest BCUT2D eigenvalue weighted by molar-refractivity contribution is 0.413. The van der Waals surface area contributed by atoms with Crippen molar-refractivity contribution in [3.8, 4) is 5.75 Å². The van der Waals surface area contributed by atoms with E-state index in [1.54, 1.807) is 18.0 Å². The molecule has 0 saturated heterocycles. The van der Waals surface area contributed by atoms with Crippen LogP contribution >= 0.6 is 0 Å². The Morgan fingerprint density at radius 2 is 2.27 bits per heavy atom. The first-order valence-corrected chi connectivity index (χ1v) is 4.76. The van der Waals surface area contributed by atoms with Crippen molar-refractivity contribution in [2.75, 3.05) is 14.2 Å². The maximum Gasteiger partial charge on any atom is 0.161 e. The van der Waals surface area contributed by atoms with Crippen LogP contribution in [0, 0.1) is 0 Å². The zero-order chi connectivity index (χ0) is 10.8. The van der Waals surface area contributed by atoms with Gasteiger partial charge in [-0.2, -0.15) is 5.10 Å². The largest absolute Gasteiger partial charge is 0.496 e. The summed E-state index contributed by atoms with van der Waals surface area (Å²) in [5.74, 6) is 0.849. The standard InChI is InChI=1S/C10H14N4O/c1-11-4-7-5-12-10-8(9(7)15-3)6-13-14(10)2/h5-6,11H,4H2,1-3H3. The van der Waals surface area contributed by atoms with Crippen molar-refractivity contribution in [1.29, 1.82) is 0 Å². The first kappa shape index (κ1) is 9.92. The predicted octanol–water partition coefficient (Wildman–Crippen LogP) is 0.696. The molecule has 2 aromatic heterocycles. The quantitative estimate of drug-likeness (QED) is 0.803. The predicted molar refractivity (Wildman–Crippen MR) is 57.8 cm³/mol. The second-order valence-corrected chi connectivity index (χ2v) is 3.35.